The Hall–Kier alpha value is -2.76. The fourth-order valence-corrected chi connectivity index (χ4v) is 5.05. The Morgan fingerprint density at radius 3 is 2.55 bits per heavy atom. The van der Waals surface area contributed by atoms with E-state index in [4.69, 9.17) is 0 Å². The SMILES string of the molecule is CC(Sc1nc(-c2ccc(F)cc2)ns1)C(O)(Cn1cncn1)c1ccc(F)cc1F. The molecule has 2 atom stereocenters. The van der Waals surface area contributed by atoms with Gasteiger partial charge in [0.1, 0.15) is 35.7 Å². The second kappa shape index (κ2) is 8.77. The third-order valence-electron chi connectivity index (χ3n) is 4.73. The van der Waals surface area contributed by atoms with Gasteiger partial charge >= 0.3 is 0 Å². The molecule has 0 spiro atoms. The molecule has 2 unspecified atom stereocenters. The van der Waals surface area contributed by atoms with Gasteiger partial charge in [-0.1, -0.05) is 17.8 Å². The van der Waals surface area contributed by atoms with Crippen LogP contribution in [0.1, 0.15) is 12.5 Å². The molecule has 0 aliphatic rings. The van der Waals surface area contributed by atoms with Gasteiger partial charge in [0.05, 0.1) is 6.54 Å². The summed E-state index contributed by atoms with van der Waals surface area (Å²) < 4.78 is 47.4. The van der Waals surface area contributed by atoms with Crippen LogP contribution in [0.3, 0.4) is 0 Å². The fraction of sp³-hybridized carbons (Fsp3) is 0.200. The summed E-state index contributed by atoms with van der Waals surface area (Å²) in [5.74, 6) is -1.54. The standard InChI is InChI=1S/C20H16F3N5OS2/c1-12(30-19-26-18(27-31-19)13-2-4-14(21)5-3-13)20(29,9-28-11-24-10-25-28)16-7-6-15(22)8-17(16)23/h2-8,10-12,29H,9H2,1H3. The van der Waals surface area contributed by atoms with E-state index in [0.717, 1.165) is 23.7 Å². The Bertz CT molecular complexity index is 1170. The predicted octanol–water partition coefficient (Wildman–Crippen LogP) is 4.28. The highest BCUT2D eigenvalue weighted by Gasteiger charge is 2.40. The smallest absolute Gasteiger partial charge is 0.174 e. The van der Waals surface area contributed by atoms with Crippen LogP contribution in [0.4, 0.5) is 13.2 Å². The maximum atomic E-state index is 14.6. The number of benzene rings is 2. The lowest BCUT2D eigenvalue weighted by molar-refractivity contribution is 0.0133. The van der Waals surface area contributed by atoms with E-state index in [0.29, 0.717) is 15.7 Å². The van der Waals surface area contributed by atoms with Crippen LogP contribution >= 0.6 is 23.3 Å². The van der Waals surface area contributed by atoms with Gasteiger partial charge in [-0.3, -0.25) is 0 Å². The summed E-state index contributed by atoms with van der Waals surface area (Å²) in [5.41, 5.74) is -1.16. The van der Waals surface area contributed by atoms with E-state index < -0.39 is 22.5 Å². The van der Waals surface area contributed by atoms with Crippen molar-refractivity contribution in [2.24, 2.45) is 0 Å². The van der Waals surface area contributed by atoms with Crippen molar-refractivity contribution in [1.82, 2.24) is 24.1 Å². The molecule has 0 aliphatic carbocycles. The van der Waals surface area contributed by atoms with Crippen LogP contribution in [0, 0.1) is 17.5 Å². The van der Waals surface area contributed by atoms with Crippen LogP contribution in [-0.2, 0) is 12.1 Å². The molecule has 6 nitrogen and oxygen atoms in total. The third-order valence-corrected chi connectivity index (χ3v) is 6.79. The lowest BCUT2D eigenvalue weighted by Crippen LogP contribution is -2.41. The number of thioether (sulfide) groups is 1. The molecule has 160 valence electrons. The van der Waals surface area contributed by atoms with Gasteiger partial charge in [-0.15, -0.1) is 0 Å². The molecule has 0 aliphatic heterocycles. The van der Waals surface area contributed by atoms with Crippen LogP contribution in [0.25, 0.3) is 11.4 Å². The summed E-state index contributed by atoms with van der Waals surface area (Å²) in [4.78, 5) is 8.30. The summed E-state index contributed by atoms with van der Waals surface area (Å²) in [6, 6.07) is 8.84. The topological polar surface area (TPSA) is 76.7 Å². The molecule has 2 aromatic heterocycles. The van der Waals surface area contributed by atoms with Crippen molar-refractivity contribution in [2.75, 3.05) is 0 Å². The zero-order chi connectivity index (χ0) is 22.0. The van der Waals surface area contributed by atoms with E-state index in [1.54, 1.807) is 19.1 Å². The number of nitrogens with zero attached hydrogens (tertiary/aromatic N) is 5. The Kier molecular flexibility index (Phi) is 6.08. The predicted molar refractivity (Wildman–Crippen MR) is 111 cm³/mol. The average molecular weight is 464 g/mol. The van der Waals surface area contributed by atoms with E-state index in [9.17, 15) is 18.3 Å². The van der Waals surface area contributed by atoms with Gasteiger partial charge in [-0.2, -0.15) is 9.47 Å². The molecule has 0 radical (unpaired) electrons. The van der Waals surface area contributed by atoms with E-state index >= 15 is 0 Å². The largest absolute Gasteiger partial charge is 0.382 e. The van der Waals surface area contributed by atoms with Crippen LogP contribution < -0.4 is 0 Å². The summed E-state index contributed by atoms with van der Waals surface area (Å²) in [5, 5.41) is 14.9. The zero-order valence-corrected chi connectivity index (χ0v) is 17.7. The van der Waals surface area contributed by atoms with Crippen molar-refractivity contribution in [1.29, 1.82) is 0 Å². The van der Waals surface area contributed by atoms with Gasteiger partial charge in [0.2, 0.25) is 0 Å². The highest BCUT2D eigenvalue weighted by Crippen LogP contribution is 2.40. The Labute approximate surface area is 184 Å². The molecule has 31 heavy (non-hydrogen) atoms. The van der Waals surface area contributed by atoms with Crippen LogP contribution in [-0.4, -0.2) is 34.5 Å². The van der Waals surface area contributed by atoms with Crippen molar-refractivity contribution in [2.45, 2.75) is 28.7 Å². The minimum absolute atomic E-state index is 0.0623. The molecule has 0 fully saturated rings. The van der Waals surface area contributed by atoms with E-state index in [2.05, 4.69) is 19.4 Å². The number of aromatic nitrogens is 5. The molecule has 0 saturated heterocycles. The van der Waals surface area contributed by atoms with Crippen LogP contribution in [0.5, 0.6) is 0 Å². The highest BCUT2D eigenvalue weighted by atomic mass is 32.2. The highest BCUT2D eigenvalue weighted by molar-refractivity contribution is 8.01. The van der Waals surface area contributed by atoms with Gasteiger partial charge in [-0.05, 0) is 48.8 Å². The minimum atomic E-state index is -1.75. The summed E-state index contributed by atoms with van der Waals surface area (Å²) >= 11 is 2.31. The maximum Gasteiger partial charge on any atom is 0.174 e. The monoisotopic (exact) mass is 463 g/mol. The fourth-order valence-electron chi connectivity index (χ4n) is 3.06. The summed E-state index contributed by atoms with van der Waals surface area (Å²) in [6.07, 6.45) is 2.71. The maximum absolute atomic E-state index is 14.6. The Morgan fingerprint density at radius 2 is 1.87 bits per heavy atom. The summed E-state index contributed by atoms with van der Waals surface area (Å²) in [7, 11) is 0. The molecule has 11 heteroatoms. The van der Waals surface area contributed by atoms with Gasteiger partial charge in [0, 0.05) is 22.4 Å². The van der Waals surface area contributed by atoms with E-state index in [-0.39, 0.29) is 17.9 Å². The molecular formula is C20H16F3N5OS2. The lowest BCUT2D eigenvalue weighted by Gasteiger charge is -2.33. The van der Waals surface area contributed by atoms with Gasteiger partial charge in [0.15, 0.2) is 10.2 Å². The molecule has 0 amide bonds. The van der Waals surface area contributed by atoms with Crippen LogP contribution in [0.15, 0.2) is 59.5 Å². The Morgan fingerprint density at radius 1 is 1.13 bits per heavy atom. The minimum Gasteiger partial charge on any atom is -0.382 e. The Balaban J connectivity index is 1.63. The molecule has 2 heterocycles. The number of aliphatic hydroxyl groups is 1. The molecular weight excluding hydrogens is 447 g/mol. The second-order valence-electron chi connectivity index (χ2n) is 6.79. The van der Waals surface area contributed by atoms with Crippen molar-refractivity contribution < 1.29 is 18.3 Å². The van der Waals surface area contributed by atoms with Gasteiger partial charge in [0.25, 0.3) is 0 Å². The zero-order valence-electron chi connectivity index (χ0n) is 16.1. The van der Waals surface area contributed by atoms with Crippen molar-refractivity contribution >= 4 is 23.3 Å². The van der Waals surface area contributed by atoms with Crippen molar-refractivity contribution in [3.63, 3.8) is 0 Å². The molecule has 0 bridgehead atoms. The average Bonchev–Trinajstić information content (AvgIpc) is 3.40. The molecule has 0 saturated carbocycles. The number of rotatable bonds is 7. The first-order chi connectivity index (χ1) is 14.8. The second-order valence-corrected chi connectivity index (χ2v) is 9.13. The molecule has 4 aromatic rings. The number of halogens is 3. The van der Waals surface area contributed by atoms with E-state index in [1.165, 1.54) is 47.3 Å². The third kappa shape index (κ3) is 4.63. The quantitative estimate of drug-likeness (QED) is 0.412. The molecule has 1 N–H and O–H groups in total. The van der Waals surface area contributed by atoms with Gasteiger partial charge < -0.3 is 5.11 Å². The first kappa shape index (κ1) is 21.5. The molecule has 2 aromatic carbocycles. The first-order valence-corrected chi connectivity index (χ1v) is 10.8. The normalized spacial score (nSPS) is 14.4. The first-order valence-electron chi connectivity index (χ1n) is 9.12. The molecule has 4 rings (SSSR count). The lowest BCUT2D eigenvalue weighted by atomic mass is 9.90. The number of hydrogen-bond acceptors (Lipinski definition) is 7. The van der Waals surface area contributed by atoms with Crippen molar-refractivity contribution in [3.8, 4) is 11.4 Å². The van der Waals surface area contributed by atoms with E-state index in [1.807, 2.05) is 0 Å². The number of hydrogen-bond donors (Lipinski definition) is 1. The van der Waals surface area contributed by atoms with Gasteiger partial charge in [-0.25, -0.2) is 27.8 Å². The van der Waals surface area contributed by atoms with Crippen molar-refractivity contribution in [3.05, 3.63) is 78.1 Å². The summed E-state index contributed by atoms with van der Waals surface area (Å²) in [6.45, 7) is 1.61. The van der Waals surface area contributed by atoms with Crippen LogP contribution in [0.2, 0.25) is 0 Å².